The largest absolute Gasteiger partial charge is 0.488 e. The third-order valence-corrected chi connectivity index (χ3v) is 3.66. The van der Waals surface area contributed by atoms with Crippen LogP contribution in [0.4, 0.5) is 0 Å². The molecule has 0 aliphatic rings. The fourth-order valence-corrected chi connectivity index (χ4v) is 2.40. The molecule has 0 heterocycles. The number of benzene rings is 2. The lowest BCUT2D eigenvalue weighted by Crippen LogP contribution is -2.95. The highest BCUT2D eigenvalue weighted by molar-refractivity contribution is 5.32. The summed E-state index contributed by atoms with van der Waals surface area (Å²) in [7, 11) is 0. The van der Waals surface area contributed by atoms with Crippen LogP contribution in [0.3, 0.4) is 0 Å². The summed E-state index contributed by atoms with van der Waals surface area (Å²) in [6.45, 7) is 6.14. The maximum absolute atomic E-state index is 9.22. The van der Waals surface area contributed by atoms with Gasteiger partial charge in [0, 0.05) is 5.56 Å². The number of aliphatic hydroxyl groups is 1. The summed E-state index contributed by atoms with van der Waals surface area (Å²) >= 11 is 0. The maximum atomic E-state index is 9.22. The van der Waals surface area contributed by atoms with Crippen molar-refractivity contribution in [3.05, 3.63) is 65.7 Å². The molecule has 0 aromatic heterocycles. The molecule has 2 aromatic rings. The van der Waals surface area contributed by atoms with E-state index in [4.69, 9.17) is 4.74 Å². The molecule has 2 rings (SSSR count). The zero-order valence-electron chi connectivity index (χ0n) is 13.8. The highest BCUT2D eigenvalue weighted by Gasteiger charge is 2.06. The number of rotatable bonds is 10. The van der Waals surface area contributed by atoms with E-state index >= 15 is 0 Å². The number of hydrogen-bond donors (Lipinski definition) is 3. The summed E-state index contributed by atoms with van der Waals surface area (Å²) in [5, 5.41) is 13.7. The van der Waals surface area contributed by atoms with Crippen LogP contribution in [0, 0.1) is 0 Å². The van der Waals surface area contributed by atoms with Gasteiger partial charge >= 0.3 is 0 Å². The predicted octanol–water partition coefficient (Wildman–Crippen LogP) is 0.273. The summed E-state index contributed by atoms with van der Waals surface area (Å²) < 4.78 is 5.97. The molecule has 124 valence electrons. The lowest BCUT2D eigenvalue weighted by molar-refractivity contribution is -0.733. The molecule has 1 atom stereocenters. The van der Waals surface area contributed by atoms with Gasteiger partial charge in [0.2, 0.25) is 0 Å². The van der Waals surface area contributed by atoms with Crippen molar-refractivity contribution in [1.29, 1.82) is 0 Å². The second-order valence-corrected chi connectivity index (χ2v) is 5.83. The van der Waals surface area contributed by atoms with Crippen LogP contribution in [0.1, 0.15) is 18.1 Å². The Morgan fingerprint density at radius 1 is 0.957 bits per heavy atom. The van der Waals surface area contributed by atoms with Crippen LogP contribution >= 0.6 is 0 Å². The lowest BCUT2D eigenvalue weighted by atomic mass is 10.2. The molecule has 5 N–H and O–H groups in total. The fraction of sp³-hybridized carbons (Fsp3) is 0.368. The molecular weight excluding hydrogens is 288 g/mol. The quantitative estimate of drug-likeness (QED) is 0.551. The van der Waals surface area contributed by atoms with E-state index in [2.05, 4.69) is 34.9 Å². The number of ether oxygens (including phenoxy) is 1. The highest BCUT2D eigenvalue weighted by Crippen LogP contribution is 2.18. The molecule has 0 radical (unpaired) electrons. The van der Waals surface area contributed by atoms with E-state index in [0.717, 1.165) is 31.9 Å². The van der Waals surface area contributed by atoms with Gasteiger partial charge in [-0.25, -0.2) is 0 Å². The Hall–Kier alpha value is -1.88. The van der Waals surface area contributed by atoms with Crippen molar-refractivity contribution in [3.8, 4) is 5.75 Å². The molecule has 2 aromatic carbocycles. The van der Waals surface area contributed by atoms with Crippen LogP contribution in [0.25, 0.3) is 0 Å². The first-order valence-corrected chi connectivity index (χ1v) is 8.31. The van der Waals surface area contributed by atoms with Gasteiger partial charge in [-0.15, -0.1) is 0 Å². The Bertz CT molecular complexity index is 558. The Morgan fingerprint density at radius 2 is 1.65 bits per heavy atom. The van der Waals surface area contributed by atoms with Crippen molar-refractivity contribution in [1.82, 2.24) is 0 Å². The van der Waals surface area contributed by atoms with Crippen LogP contribution in [0.5, 0.6) is 5.75 Å². The summed E-state index contributed by atoms with van der Waals surface area (Å²) in [5.41, 5.74) is 2.40. The number of nitrogens with two attached hydrogens (primary N) is 2. The Kier molecular flexibility index (Phi) is 7.60. The number of aliphatic hydroxyl groups excluding tert-OH is 1. The van der Waals surface area contributed by atoms with Crippen LogP contribution in [0.15, 0.2) is 54.6 Å². The van der Waals surface area contributed by atoms with Gasteiger partial charge in [0.1, 0.15) is 38.5 Å². The summed E-state index contributed by atoms with van der Waals surface area (Å²) in [4.78, 5) is 0. The van der Waals surface area contributed by atoms with Crippen molar-refractivity contribution in [2.75, 3.05) is 19.6 Å². The minimum absolute atomic E-state index is 0.234. The smallest absolute Gasteiger partial charge is 0.128 e. The van der Waals surface area contributed by atoms with Crippen molar-refractivity contribution in [2.24, 2.45) is 0 Å². The van der Waals surface area contributed by atoms with Gasteiger partial charge < -0.3 is 20.5 Å². The molecule has 0 spiro atoms. The molecule has 0 unspecified atom stereocenters. The summed E-state index contributed by atoms with van der Waals surface area (Å²) in [6.07, 6.45) is -0.234. The summed E-state index contributed by atoms with van der Waals surface area (Å²) in [6, 6.07) is 18.4. The molecule has 0 aliphatic carbocycles. The van der Waals surface area contributed by atoms with E-state index in [0.29, 0.717) is 6.61 Å². The minimum Gasteiger partial charge on any atom is -0.488 e. The topological polar surface area (TPSA) is 62.7 Å². The number of hydrogen-bond acceptors (Lipinski definition) is 2. The number of para-hydroxylation sites is 1. The first-order chi connectivity index (χ1) is 11.3. The molecule has 0 amide bonds. The molecule has 0 saturated carbocycles. The second-order valence-electron chi connectivity index (χ2n) is 5.83. The van der Waals surface area contributed by atoms with Gasteiger partial charge in [-0.1, -0.05) is 42.5 Å². The standard InChI is InChI=1S/C19H26N2O2/c1-16(22)13-20-11-12-21-14-18-9-5-6-10-19(18)23-15-17-7-3-2-4-8-17/h2-10,16,20-22H,11-15H2,1H3/p+2/t16-/m1/s1. The molecular formula is C19H28N2O2+2. The molecule has 0 saturated heterocycles. The third kappa shape index (κ3) is 6.82. The van der Waals surface area contributed by atoms with Crippen molar-refractivity contribution < 1.29 is 20.5 Å². The Morgan fingerprint density at radius 3 is 2.43 bits per heavy atom. The third-order valence-electron chi connectivity index (χ3n) is 3.66. The average Bonchev–Trinajstić information content (AvgIpc) is 2.57. The van der Waals surface area contributed by atoms with E-state index in [1.165, 1.54) is 11.1 Å². The normalized spacial score (nSPS) is 12.1. The van der Waals surface area contributed by atoms with Gasteiger partial charge in [-0.3, -0.25) is 0 Å². The van der Waals surface area contributed by atoms with E-state index in [-0.39, 0.29) is 6.10 Å². The first kappa shape index (κ1) is 17.5. The lowest BCUT2D eigenvalue weighted by Gasteiger charge is -2.11. The Labute approximate surface area is 138 Å². The number of quaternary nitrogens is 2. The average molecular weight is 316 g/mol. The maximum Gasteiger partial charge on any atom is 0.128 e. The van der Waals surface area contributed by atoms with Crippen LogP contribution in [-0.2, 0) is 13.2 Å². The van der Waals surface area contributed by atoms with Crippen LogP contribution in [0.2, 0.25) is 0 Å². The molecule has 23 heavy (non-hydrogen) atoms. The molecule has 4 nitrogen and oxygen atoms in total. The first-order valence-electron chi connectivity index (χ1n) is 8.31. The van der Waals surface area contributed by atoms with Gasteiger partial charge in [-0.2, -0.15) is 0 Å². The molecule has 4 heteroatoms. The SMILES string of the molecule is C[C@@H](O)C[NH2+]CC[NH2+]Cc1ccccc1OCc1ccccc1. The molecule has 0 aliphatic heterocycles. The van der Waals surface area contributed by atoms with E-state index in [1.807, 2.05) is 37.3 Å². The summed E-state index contributed by atoms with van der Waals surface area (Å²) in [5.74, 6) is 0.959. The zero-order valence-corrected chi connectivity index (χ0v) is 13.8. The van der Waals surface area contributed by atoms with Gasteiger partial charge in [-0.05, 0) is 24.6 Å². The minimum atomic E-state index is -0.234. The fourth-order valence-electron chi connectivity index (χ4n) is 2.40. The van der Waals surface area contributed by atoms with Gasteiger partial charge in [0.05, 0.1) is 6.10 Å². The predicted molar refractivity (Wildman–Crippen MR) is 91.1 cm³/mol. The van der Waals surface area contributed by atoms with Crippen LogP contribution in [-0.4, -0.2) is 30.8 Å². The van der Waals surface area contributed by atoms with E-state index in [9.17, 15) is 5.11 Å². The second kappa shape index (κ2) is 10.0. The molecule has 0 bridgehead atoms. The van der Waals surface area contributed by atoms with Crippen LogP contribution < -0.4 is 15.4 Å². The van der Waals surface area contributed by atoms with Crippen molar-refractivity contribution in [3.63, 3.8) is 0 Å². The highest BCUT2D eigenvalue weighted by atomic mass is 16.5. The van der Waals surface area contributed by atoms with E-state index in [1.54, 1.807) is 0 Å². The van der Waals surface area contributed by atoms with Crippen molar-refractivity contribution >= 4 is 0 Å². The van der Waals surface area contributed by atoms with Crippen molar-refractivity contribution in [2.45, 2.75) is 26.2 Å². The molecule has 0 fully saturated rings. The van der Waals surface area contributed by atoms with Gasteiger partial charge in [0.15, 0.2) is 0 Å². The van der Waals surface area contributed by atoms with Gasteiger partial charge in [0.25, 0.3) is 0 Å². The zero-order chi connectivity index (χ0) is 16.3. The van der Waals surface area contributed by atoms with E-state index < -0.39 is 0 Å². The Balaban J connectivity index is 1.76. The monoisotopic (exact) mass is 316 g/mol.